The number of rotatable bonds is 1. The third kappa shape index (κ3) is 2.23. The summed E-state index contributed by atoms with van der Waals surface area (Å²) in [7, 11) is 0. The van der Waals surface area contributed by atoms with Crippen LogP contribution in [0.25, 0.3) is 10.9 Å². The Morgan fingerprint density at radius 2 is 2.28 bits per heavy atom. The van der Waals surface area contributed by atoms with Crippen molar-refractivity contribution in [2.24, 2.45) is 0 Å². The largest absolute Gasteiger partial charge is 0.493 e. The summed E-state index contributed by atoms with van der Waals surface area (Å²) in [6.45, 7) is 1.34. The molecule has 0 saturated heterocycles. The summed E-state index contributed by atoms with van der Waals surface area (Å²) in [6, 6.07) is 5.32. The van der Waals surface area contributed by atoms with Crippen LogP contribution in [0, 0.1) is 0 Å². The van der Waals surface area contributed by atoms with Crippen molar-refractivity contribution in [2.45, 2.75) is 24.2 Å². The van der Waals surface area contributed by atoms with Gasteiger partial charge in [-0.05, 0) is 30.2 Å². The first-order valence-electron chi connectivity index (χ1n) is 8.13. The predicted molar refractivity (Wildman–Crippen MR) is 97.7 cm³/mol. The van der Waals surface area contributed by atoms with E-state index >= 15 is 0 Å². The van der Waals surface area contributed by atoms with Crippen LogP contribution in [-0.4, -0.2) is 31.9 Å². The summed E-state index contributed by atoms with van der Waals surface area (Å²) >= 11 is 7.64. The zero-order valence-corrected chi connectivity index (χ0v) is 14.7. The second-order valence-electron chi connectivity index (χ2n) is 6.28. The van der Waals surface area contributed by atoms with E-state index in [0.29, 0.717) is 28.8 Å². The predicted octanol–water partition coefficient (Wildman–Crippen LogP) is 2.42. The number of H-pyrrole nitrogens is 1. The monoisotopic (exact) mass is 374 g/mol. The molecule has 1 aromatic carbocycles. The average molecular weight is 375 g/mol. The van der Waals surface area contributed by atoms with Crippen molar-refractivity contribution in [3.8, 4) is 5.88 Å². The molecule has 8 heteroatoms. The fraction of sp³-hybridized carbons (Fsp3) is 0.294. The van der Waals surface area contributed by atoms with Crippen molar-refractivity contribution >= 4 is 34.3 Å². The Kier molecular flexibility index (Phi) is 3.38. The zero-order chi connectivity index (χ0) is 17.1. The highest BCUT2D eigenvalue weighted by atomic mass is 35.5. The number of hydrogen-bond acceptors (Lipinski definition) is 5. The van der Waals surface area contributed by atoms with E-state index in [-0.39, 0.29) is 11.4 Å². The average Bonchev–Trinajstić information content (AvgIpc) is 3.19. The van der Waals surface area contributed by atoms with Gasteiger partial charge >= 0.3 is 0 Å². The van der Waals surface area contributed by atoms with E-state index in [9.17, 15) is 9.90 Å². The summed E-state index contributed by atoms with van der Waals surface area (Å²) in [4.78, 5) is 20.6. The lowest BCUT2D eigenvalue weighted by atomic mass is 9.95. The molecule has 0 unspecified atom stereocenters. The Hall–Kier alpha value is -1.96. The molecule has 0 spiro atoms. The smallest absolute Gasteiger partial charge is 0.263 e. The van der Waals surface area contributed by atoms with Crippen LogP contribution in [0.4, 0.5) is 0 Å². The highest BCUT2D eigenvalue weighted by molar-refractivity contribution is 7.99. The molecule has 2 aliphatic rings. The van der Waals surface area contributed by atoms with E-state index < -0.39 is 6.04 Å². The van der Waals surface area contributed by atoms with Gasteiger partial charge in [0, 0.05) is 40.5 Å². The topological polar surface area (TPSA) is 82.9 Å². The Morgan fingerprint density at radius 3 is 3.16 bits per heavy atom. The summed E-state index contributed by atoms with van der Waals surface area (Å²) in [5.41, 5.74) is 3.16. The van der Waals surface area contributed by atoms with Gasteiger partial charge in [0.2, 0.25) is 5.88 Å². The van der Waals surface area contributed by atoms with Gasteiger partial charge in [0.15, 0.2) is 5.16 Å². The molecule has 4 heterocycles. The standard InChI is InChI=1S/C17H15ClN4O2S/c18-8-1-2-11-10(7-8)9-3-4-19-14(13(9)20-11)12-15(23)21-17-22(16(12)24)5-6-25-17/h1-2,7,14,19-20,23H,3-6H2/t14-/m0/s1. The van der Waals surface area contributed by atoms with Crippen LogP contribution in [0.2, 0.25) is 5.02 Å². The van der Waals surface area contributed by atoms with Crippen LogP contribution in [0.3, 0.4) is 0 Å². The lowest BCUT2D eigenvalue weighted by Crippen LogP contribution is -2.36. The number of aromatic hydroxyl groups is 1. The summed E-state index contributed by atoms with van der Waals surface area (Å²) in [5.74, 6) is 0.618. The Labute approximate surface area is 152 Å². The van der Waals surface area contributed by atoms with Crippen molar-refractivity contribution < 1.29 is 5.11 Å². The zero-order valence-electron chi connectivity index (χ0n) is 13.2. The molecule has 0 bridgehead atoms. The maximum Gasteiger partial charge on any atom is 0.263 e. The number of halogens is 1. The van der Waals surface area contributed by atoms with Gasteiger partial charge < -0.3 is 15.4 Å². The van der Waals surface area contributed by atoms with Gasteiger partial charge in [-0.25, -0.2) is 0 Å². The number of aromatic amines is 1. The Morgan fingerprint density at radius 1 is 1.40 bits per heavy atom. The number of hydrogen-bond donors (Lipinski definition) is 3. The van der Waals surface area contributed by atoms with Gasteiger partial charge in [-0.1, -0.05) is 23.4 Å². The lowest BCUT2D eigenvalue weighted by Gasteiger charge is -2.25. The quantitative estimate of drug-likeness (QED) is 0.570. The first-order valence-corrected chi connectivity index (χ1v) is 9.49. The van der Waals surface area contributed by atoms with Crippen LogP contribution in [0.1, 0.15) is 22.9 Å². The minimum absolute atomic E-state index is 0.172. The molecule has 0 aliphatic carbocycles. The number of nitrogens with zero attached hydrogens (tertiary/aromatic N) is 2. The molecule has 0 radical (unpaired) electrons. The molecule has 128 valence electrons. The van der Waals surface area contributed by atoms with Gasteiger partial charge in [-0.15, -0.1) is 0 Å². The molecule has 2 aliphatic heterocycles. The van der Waals surface area contributed by atoms with Gasteiger partial charge in [0.1, 0.15) is 5.56 Å². The Balaban J connectivity index is 1.74. The van der Waals surface area contributed by atoms with Crippen molar-refractivity contribution in [3.05, 3.63) is 50.4 Å². The maximum absolute atomic E-state index is 12.9. The van der Waals surface area contributed by atoms with Crippen molar-refractivity contribution in [1.82, 2.24) is 19.9 Å². The molecule has 25 heavy (non-hydrogen) atoms. The molecular weight excluding hydrogens is 360 g/mol. The van der Waals surface area contributed by atoms with Crippen LogP contribution in [0.5, 0.6) is 5.88 Å². The number of aromatic nitrogens is 3. The van der Waals surface area contributed by atoms with Crippen LogP contribution >= 0.6 is 23.4 Å². The van der Waals surface area contributed by atoms with Gasteiger partial charge in [-0.2, -0.15) is 4.98 Å². The SMILES string of the molecule is O=c1c([C@@H]2NCCc3c2[nH]c2ccc(Cl)cc32)c(O)nc2n1CCS2. The fourth-order valence-corrected chi connectivity index (χ4v) is 4.88. The van der Waals surface area contributed by atoms with Crippen LogP contribution in [0.15, 0.2) is 28.2 Å². The second-order valence-corrected chi connectivity index (χ2v) is 7.78. The van der Waals surface area contributed by atoms with E-state index in [1.807, 2.05) is 18.2 Å². The molecule has 3 N–H and O–H groups in total. The molecular formula is C17H15ClN4O2S. The molecule has 0 saturated carbocycles. The minimum Gasteiger partial charge on any atom is -0.493 e. The number of thioether (sulfide) groups is 1. The number of fused-ring (bicyclic) bond motifs is 4. The Bertz CT molecular complexity index is 1070. The third-order valence-corrected chi connectivity index (χ3v) is 6.09. The maximum atomic E-state index is 12.9. The molecule has 5 rings (SSSR count). The number of nitrogens with one attached hydrogen (secondary N) is 2. The molecule has 3 aromatic rings. The molecule has 1 atom stereocenters. The first-order chi connectivity index (χ1) is 12.1. The lowest BCUT2D eigenvalue weighted by molar-refractivity contribution is 0.412. The number of benzene rings is 1. The summed E-state index contributed by atoms with van der Waals surface area (Å²) in [5, 5.41) is 16.1. The summed E-state index contributed by atoms with van der Waals surface area (Å²) < 4.78 is 1.65. The van der Waals surface area contributed by atoms with Crippen LogP contribution in [-0.2, 0) is 13.0 Å². The molecule has 0 fully saturated rings. The van der Waals surface area contributed by atoms with E-state index in [1.54, 1.807) is 4.57 Å². The van der Waals surface area contributed by atoms with Gasteiger partial charge in [0.05, 0.1) is 6.04 Å². The molecule has 6 nitrogen and oxygen atoms in total. The van der Waals surface area contributed by atoms with Crippen LogP contribution < -0.4 is 10.9 Å². The van der Waals surface area contributed by atoms with Crippen molar-refractivity contribution in [2.75, 3.05) is 12.3 Å². The first kappa shape index (κ1) is 15.3. The van der Waals surface area contributed by atoms with Crippen molar-refractivity contribution in [3.63, 3.8) is 0 Å². The van der Waals surface area contributed by atoms with E-state index in [0.717, 1.165) is 34.3 Å². The van der Waals surface area contributed by atoms with E-state index in [4.69, 9.17) is 11.6 Å². The third-order valence-electron chi connectivity index (χ3n) is 4.90. The normalized spacial score (nSPS) is 19.2. The van der Waals surface area contributed by atoms with Crippen molar-refractivity contribution in [1.29, 1.82) is 0 Å². The van der Waals surface area contributed by atoms with Gasteiger partial charge in [0.25, 0.3) is 5.56 Å². The van der Waals surface area contributed by atoms with E-state index in [2.05, 4.69) is 15.3 Å². The fourth-order valence-electron chi connectivity index (χ4n) is 3.77. The molecule has 2 aromatic heterocycles. The summed E-state index contributed by atoms with van der Waals surface area (Å²) in [6.07, 6.45) is 0.836. The second kappa shape index (κ2) is 5.52. The molecule has 0 amide bonds. The minimum atomic E-state index is -0.404. The van der Waals surface area contributed by atoms with E-state index in [1.165, 1.54) is 11.8 Å². The highest BCUT2D eigenvalue weighted by Gasteiger charge is 2.32. The van der Waals surface area contributed by atoms with Gasteiger partial charge in [-0.3, -0.25) is 9.36 Å². The highest BCUT2D eigenvalue weighted by Crippen LogP contribution is 2.36.